The van der Waals surface area contributed by atoms with Gasteiger partial charge in [-0.3, -0.25) is 0 Å². The number of carbonyl (C=O) groups excluding carboxylic acids is 2. The Hall–Kier alpha value is -0.660. The van der Waals surface area contributed by atoms with Gasteiger partial charge in [-0.1, -0.05) is 27.7 Å². The monoisotopic (exact) mass is 212 g/mol. The van der Waals surface area contributed by atoms with Crippen LogP contribution in [0.15, 0.2) is 0 Å². The van der Waals surface area contributed by atoms with Crippen molar-refractivity contribution in [3.63, 3.8) is 0 Å². The van der Waals surface area contributed by atoms with E-state index in [1.54, 1.807) is 0 Å². The Balaban J connectivity index is 4.90. The van der Waals surface area contributed by atoms with Crippen LogP contribution in [0.1, 0.15) is 59.8 Å². The Kier molecular flexibility index (Phi) is 5.77. The molecule has 0 heterocycles. The maximum Gasteiger partial charge on any atom is 0.126 e. The van der Waals surface area contributed by atoms with Crippen LogP contribution in [0.25, 0.3) is 0 Å². The number of hydrogen-bond acceptors (Lipinski definition) is 2. The predicted molar refractivity (Wildman–Crippen MR) is 62.8 cm³/mol. The van der Waals surface area contributed by atoms with Crippen molar-refractivity contribution in [2.24, 2.45) is 10.8 Å². The Morgan fingerprint density at radius 1 is 0.733 bits per heavy atom. The van der Waals surface area contributed by atoms with Crippen molar-refractivity contribution in [1.29, 1.82) is 0 Å². The Bertz CT molecular complexity index is 179. The van der Waals surface area contributed by atoms with Gasteiger partial charge in [-0.15, -0.1) is 0 Å². The summed E-state index contributed by atoms with van der Waals surface area (Å²) in [6, 6.07) is 0. The van der Waals surface area contributed by atoms with Crippen LogP contribution in [0.4, 0.5) is 0 Å². The smallest absolute Gasteiger partial charge is 0.126 e. The highest BCUT2D eigenvalue weighted by molar-refractivity contribution is 5.64. The third-order valence-corrected chi connectivity index (χ3v) is 4.02. The van der Waals surface area contributed by atoms with Gasteiger partial charge in [-0.05, 0) is 32.1 Å². The van der Waals surface area contributed by atoms with Gasteiger partial charge >= 0.3 is 0 Å². The molecule has 0 saturated carbocycles. The molecule has 2 nitrogen and oxygen atoms in total. The van der Waals surface area contributed by atoms with Crippen LogP contribution in [-0.2, 0) is 9.59 Å². The summed E-state index contributed by atoms with van der Waals surface area (Å²) in [6.45, 7) is 8.11. The van der Waals surface area contributed by atoms with E-state index in [0.29, 0.717) is 6.42 Å². The zero-order chi connectivity index (χ0) is 11.9. The van der Waals surface area contributed by atoms with E-state index in [2.05, 4.69) is 0 Å². The second-order valence-corrected chi connectivity index (χ2v) is 4.55. The highest BCUT2D eigenvalue weighted by Crippen LogP contribution is 2.40. The van der Waals surface area contributed by atoms with Crippen molar-refractivity contribution in [3.05, 3.63) is 0 Å². The van der Waals surface area contributed by atoms with Gasteiger partial charge in [0, 0.05) is 10.8 Å². The summed E-state index contributed by atoms with van der Waals surface area (Å²) in [5.74, 6) is 0. The van der Waals surface area contributed by atoms with E-state index < -0.39 is 0 Å². The second kappa shape index (κ2) is 6.04. The molecule has 15 heavy (non-hydrogen) atoms. The molecule has 0 bridgehead atoms. The van der Waals surface area contributed by atoms with Crippen LogP contribution >= 0.6 is 0 Å². The Labute approximate surface area is 93.4 Å². The molecule has 0 aromatic carbocycles. The van der Waals surface area contributed by atoms with Crippen LogP contribution in [0.2, 0.25) is 0 Å². The van der Waals surface area contributed by atoms with Gasteiger partial charge in [0.2, 0.25) is 0 Å². The second-order valence-electron chi connectivity index (χ2n) is 4.55. The van der Waals surface area contributed by atoms with E-state index in [1.807, 2.05) is 27.7 Å². The van der Waals surface area contributed by atoms with Crippen LogP contribution < -0.4 is 0 Å². The van der Waals surface area contributed by atoms with Gasteiger partial charge < -0.3 is 9.59 Å². The summed E-state index contributed by atoms with van der Waals surface area (Å²) in [4.78, 5) is 22.4. The molecule has 0 fully saturated rings. The molecule has 0 aromatic rings. The molecule has 0 rings (SSSR count). The zero-order valence-corrected chi connectivity index (χ0v) is 10.5. The van der Waals surface area contributed by atoms with Crippen molar-refractivity contribution >= 4 is 12.6 Å². The zero-order valence-electron chi connectivity index (χ0n) is 10.5. The quantitative estimate of drug-likeness (QED) is 0.578. The number of hydrogen-bond donors (Lipinski definition) is 0. The minimum absolute atomic E-state index is 0.299. The molecule has 0 N–H and O–H groups in total. The number of carbonyl (C=O) groups is 2. The molecule has 0 aliphatic rings. The summed E-state index contributed by atoms with van der Waals surface area (Å²) in [7, 11) is 0. The molecule has 0 aliphatic carbocycles. The Morgan fingerprint density at radius 2 is 1.00 bits per heavy atom. The summed E-state index contributed by atoms with van der Waals surface area (Å²) in [5.41, 5.74) is -0.597. The first-order valence-corrected chi connectivity index (χ1v) is 6.00. The van der Waals surface area contributed by atoms with Crippen molar-refractivity contribution in [3.8, 4) is 0 Å². The fourth-order valence-electron chi connectivity index (χ4n) is 2.12. The van der Waals surface area contributed by atoms with Crippen LogP contribution in [0.5, 0.6) is 0 Å². The summed E-state index contributed by atoms with van der Waals surface area (Å²) in [6.07, 6.45) is 6.09. The maximum atomic E-state index is 11.2. The highest BCUT2D eigenvalue weighted by Gasteiger charge is 2.37. The lowest BCUT2D eigenvalue weighted by Crippen LogP contribution is -2.33. The molecule has 88 valence electrons. The average Bonchev–Trinajstić information content (AvgIpc) is 2.33. The molecule has 0 saturated heterocycles. The van der Waals surface area contributed by atoms with E-state index in [4.69, 9.17) is 0 Å². The third-order valence-electron chi connectivity index (χ3n) is 4.02. The van der Waals surface area contributed by atoms with E-state index in [9.17, 15) is 9.59 Å². The SMILES string of the molecule is CCC(C=O)(CC)CC(C=O)(CC)CC. The van der Waals surface area contributed by atoms with Crippen LogP contribution in [0.3, 0.4) is 0 Å². The van der Waals surface area contributed by atoms with E-state index in [0.717, 1.165) is 38.3 Å². The first-order chi connectivity index (χ1) is 7.07. The normalized spacial score (nSPS) is 12.5. The molecule has 0 spiro atoms. The summed E-state index contributed by atoms with van der Waals surface area (Å²) >= 11 is 0. The number of rotatable bonds is 8. The topological polar surface area (TPSA) is 34.1 Å². The van der Waals surface area contributed by atoms with Gasteiger partial charge in [-0.25, -0.2) is 0 Å². The van der Waals surface area contributed by atoms with Crippen LogP contribution in [-0.4, -0.2) is 12.6 Å². The summed E-state index contributed by atoms with van der Waals surface area (Å²) < 4.78 is 0. The minimum Gasteiger partial charge on any atom is -0.303 e. The van der Waals surface area contributed by atoms with Crippen molar-refractivity contribution < 1.29 is 9.59 Å². The standard InChI is InChI=1S/C13H24O2/c1-5-12(6-2,10-14)9-13(7-3,8-4)11-15/h10-11H,5-9H2,1-4H3. The molecule has 0 unspecified atom stereocenters. The third kappa shape index (κ3) is 3.15. The first kappa shape index (κ1) is 14.3. The summed E-state index contributed by atoms with van der Waals surface area (Å²) in [5, 5.41) is 0. The van der Waals surface area contributed by atoms with Crippen molar-refractivity contribution in [1.82, 2.24) is 0 Å². The van der Waals surface area contributed by atoms with E-state index >= 15 is 0 Å². The molecular weight excluding hydrogens is 188 g/mol. The van der Waals surface area contributed by atoms with Crippen LogP contribution in [0, 0.1) is 10.8 Å². The lowest BCUT2D eigenvalue weighted by atomic mass is 9.67. The minimum atomic E-state index is -0.299. The molecule has 0 radical (unpaired) electrons. The van der Waals surface area contributed by atoms with Crippen molar-refractivity contribution in [2.75, 3.05) is 0 Å². The molecule has 0 atom stereocenters. The Morgan fingerprint density at radius 3 is 1.13 bits per heavy atom. The first-order valence-electron chi connectivity index (χ1n) is 6.00. The molecule has 2 heteroatoms. The van der Waals surface area contributed by atoms with Gasteiger partial charge in [0.05, 0.1) is 0 Å². The average molecular weight is 212 g/mol. The van der Waals surface area contributed by atoms with Gasteiger partial charge in [0.15, 0.2) is 0 Å². The molecule has 0 amide bonds. The molecule has 0 aliphatic heterocycles. The largest absolute Gasteiger partial charge is 0.303 e. The molecular formula is C13H24O2. The van der Waals surface area contributed by atoms with E-state index in [-0.39, 0.29) is 10.8 Å². The lowest BCUT2D eigenvalue weighted by molar-refractivity contribution is -0.123. The highest BCUT2D eigenvalue weighted by atomic mass is 16.1. The fourth-order valence-corrected chi connectivity index (χ4v) is 2.12. The fraction of sp³-hybridized carbons (Fsp3) is 0.846. The van der Waals surface area contributed by atoms with E-state index in [1.165, 1.54) is 0 Å². The number of aldehydes is 2. The van der Waals surface area contributed by atoms with Gasteiger partial charge in [0.25, 0.3) is 0 Å². The lowest BCUT2D eigenvalue weighted by Gasteiger charge is -2.35. The van der Waals surface area contributed by atoms with Crippen molar-refractivity contribution in [2.45, 2.75) is 59.8 Å². The molecule has 0 aromatic heterocycles. The maximum absolute atomic E-state index is 11.2. The van der Waals surface area contributed by atoms with Gasteiger partial charge in [-0.2, -0.15) is 0 Å². The van der Waals surface area contributed by atoms with Gasteiger partial charge in [0.1, 0.15) is 12.6 Å². The predicted octanol–water partition coefficient (Wildman–Crippen LogP) is 3.39.